The van der Waals surface area contributed by atoms with E-state index in [-0.39, 0.29) is 17.0 Å². The Morgan fingerprint density at radius 3 is 2.74 bits per heavy atom. The molecule has 0 fully saturated rings. The first-order valence-electron chi connectivity index (χ1n) is 7.75. The summed E-state index contributed by atoms with van der Waals surface area (Å²) in [7, 11) is 0. The number of fused-ring (bicyclic) bond motifs is 1. The molecule has 3 rings (SSSR count). The molecule has 23 heavy (non-hydrogen) atoms. The average molecular weight is 399 g/mol. The van der Waals surface area contributed by atoms with Crippen LogP contribution in [0.3, 0.4) is 0 Å². The predicted octanol–water partition coefficient (Wildman–Crippen LogP) is -0.118. The van der Waals surface area contributed by atoms with Crippen molar-refractivity contribution in [2.75, 3.05) is 11.4 Å². The van der Waals surface area contributed by atoms with E-state index in [9.17, 15) is 5.11 Å². The van der Waals surface area contributed by atoms with Gasteiger partial charge >= 0.3 is 5.95 Å². The van der Waals surface area contributed by atoms with Gasteiger partial charge in [0.2, 0.25) is 5.72 Å². The van der Waals surface area contributed by atoms with Crippen LogP contribution in [0, 0.1) is 0 Å². The second-order valence-electron chi connectivity index (χ2n) is 5.73. The largest absolute Gasteiger partial charge is 1.00 e. The molecular formula is C17H21BrClN3O. The van der Waals surface area contributed by atoms with Crippen molar-refractivity contribution in [1.82, 2.24) is 4.98 Å². The molecule has 1 aliphatic rings. The first-order valence-corrected chi connectivity index (χ1v) is 8.13. The van der Waals surface area contributed by atoms with E-state index in [1.54, 1.807) is 6.20 Å². The molecule has 1 atom stereocenters. The molecule has 0 bridgehead atoms. The van der Waals surface area contributed by atoms with Gasteiger partial charge in [-0.05, 0) is 18.6 Å². The van der Waals surface area contributed by atoms with Crippen molar-refractivity contribution in [1.29, 1.82) is 0 Å². The summed E-state index contributed by atoms with van der Waals surface area (Å²) in [6, 6.07) is 9.31. The highest BCUT2D eigenvalue weighted by Crippen LogP contribution is 2.34. The molecule has 6 heteroatoms. The van der Waals surface area contributed by atoms with Gasteiger partial charge in [-0.3, -0.25) is 0 Å². The molecule has 0 aliphatic carbocycles. The quantitative estimate of drug-likeness (QED) is 0.564. The zero-order valence-corrected chi connectivity index (χ0v) is 15.5. The molecule has 1 N–H and O–H groups in total. The normalized spacial score (nSPS) is 19.3. The summed E-state index contributed by atoms with van der Waals surface area (Å²) in [6.07, 6.45) is 7.05. The smallest absolute Gasteiger partial charge is 0.396 e. The van der Waals surface area contributed by atoms with E-state index in [1.165, 1.54) is 0 Å². The molecule has 0 spiro atoms. The van der Waals surface area contributed by atoms with Gasteiger partial charge in [0, 0.05) is 16.7 Å². The Morgan fingerprint density at radius 1 is 1.30 bits per heavy atom. The average Bonchev–Trinajstić information content (AvgIpc) is 2.81. The highest BCUT2D eigenvalue weighted by molar-refractivity contribution is 6.30. The van der Waals surface area contributed by atoms with Gasteiger partial charge in [-0.25, -0.2) is 9.47 Å². The number of anilines is 1. The van der Waals surface area contributed by atoms with Gasteiger partial charge in [0.25, 0.3) is 0 Å². The fourth-order valence-corrected chi connectivity index (χ4v) is 3.12. The minimum Gasteiger partial charge on any atom is -1.00 e. The van der Waals surface area contributed by atoms with Crippen molar-refractivity contribution in [2.24, 2.45) is 0 Å². The molecular weight excluding hydrogens is 378 g/mol. The van der Waals surface area contributed by atoms with Gasteiger partial charge < -0.3 is 22.1 Å². The van der Waals surface area contributed by atoms with Crippen molar-refractivity contribution in [3.05, 3.63) is 53.3 Å². The Morgan fingerprint density at radius 2 is 2.04 bits per heavy atom. The van der Waals surface area contributed by atoms with Gasteiger partial charge in [-0.15, -0.1) is 0 Å². The molecule has 1 aliphatic heterocycles. The summed E-state index contributed by atoms with van der Waals surface area (Å²) in [5.74, 6) is 0.816. The van der Waals surface area contributed by atoms with Crippen LogP contribution in [0.2, 0.25) is 5.02 Å². The van der Waals surface area contributed by atoms with Crippen LogP contribution >= 0.6 is 11.6 Å². The van der Waals surface area contributed by atoms with E-state index in [0.29, 0.717) is 11.6 Å². The Balaban J connectivity index is 0.00000192. The summed E-state index contributed by atoms with van der Waals surface area (Å²) >= 11 is 5.98. The van der Waals surface area contributed by atoms with Crippen molar-refractivity contribution in [2.45, 2.75) is 38.5 Å². The number of nitrogens with zero attached hydrogens (tertiary/aromatic N) is 3. The molecule has 0 saturated heterocycles. The van der Waals surface area contributed by atoms with Crippen molar-refractivity contribution < 1.29 is 26.7 Å². The number of halogens is 2. The lowest BCUT2D eigenvalue weighted by Crippen LogP contribution is -3.00. The number of unbranched alkanes of at least 4 members (excludes halogenated alkanes) is 2. The van der Waals surface area contributed by atoms with E-state index in [2.05, 4.69) is 11.9 Å². The third kappa shape index (κ3) is 3.52. The molecule has 124 valence electrons. The van der Waals surface area contributed by atoms with Crippen LogP contribution in [0.5, 0.6) is 0 Å². The van der Waals surface area contributed by atoms with Crippen LogP contribution in [0.15, 0.2) is 42.7 Å². The number of rotatable bonds is 5. The first-order chi connectivity index (χ1) is 10.6. The van der Waals surface area contributed by atoms with Crippen LogP contribution in [0.25, 0.3) is 0 Å². The van der Waals surface area contributed by atoms with E-state index in [1.807, 2.05) is 46.0 Å². The highest BCUT2D eigenvalue weighted by atomic mass is 79.9. The van der Waals surface area contributed by atoms with Crippen LogP contribution in [0.1, 0.15) is 31.7 Å². The lowest BCUT2D eigenvalue weighted by atomic mass is 10.0. The number of aliphatic hydroxyl groups is 1. The lowest BCUT2D eigenvalue weighted by Gasteiger charge is -2.28. The number of benzene rings is 1. The van der Waals surface area contributed by atoms with E-state index in [4.69, 9.17) is 11.6 Å². The third-order valence-electron chi connectivity index (χ3n) is 4.17. The minimum atomic E-state index is -1.07. The summed E-state index contributed by atoms with van der Waals surface area (Å²) < 4.78 is 2.00. The summed E-state index contributed by atoms with van der Waals surface area (Å²) in [5.41, 5.74) is -0.224. The number of hydrogen-bond donors (Lipinski definition) is 1. The number of hydrogen-bond acceptors (Lipinski definition) is 3. The zero-order chi connectivity index (χ0) is 15.6. The molecule has 1 aromatic heterocycles. The van der Waals surface area contributed by atoms with Crippen LogP contribution in [-0.4, -0.2) is 16.6 Å². The summed E-state index contributed by atoms with van der Waals surface area (Å²) in [6.45, 7) is 3.43. The Kier molecular flexibility index (Phi) is 6.00. The third-order valence-corrected chi connectivity index (χ3v) is 4.42. The Labute approximate surface area is 152 Å². The van der Waals surface area contributed by atoms with E-state index >= 15 is 0 Å². The maximum Gasteiger partial charge on any atom is 0.396 e. The van der Waals surface area contributed by atoms with Crippen LogP contribution in [-0.2, 0) is 12.3 Å². The second kappa shape index (κ2) is 7.60. The molecule has 0 saturated carbocycles. The first kappa shape index (κ1) is 18.2. The van der Waals surface area contributed by atoms with E-state index in [0.717, 1.165) is 37.3 Å². The summed E-state index contributed by atoms with van der Waals surface area (Å²) in [4.78, 5) is 6.47. The molecule has 2 aromatic rings. The van der Waals surface area contributed by atoms with Gasteiger partial charge in [0.05, 0.1) is 12.7 Å². The molecule has 4 nitrogen and oxygen atoms in total. The fourth-order valence-electron chi connectivity index (χ4n) is 3.00. The van der Waals surface area contributed by atoms with Crippen LogP contribution < -0.4 is 26.4 Å². The highest BCUT2D eigenvalue weighted by Gasteiger charge is 2.50. The predicted molar refractivity (Wildman–Crippen MR) is 86.7 cm³/mol. The minimum absolute atomic E-state index is 0. The lowest BCUT2D eigenvalue weighted by molar-refractivity contribution is -0.685. The van der Waals surface area contributed by atoms with Gasteiger partial charge in [0.15, 0.2) is 0 Å². The van der Waals surface area contributed by atoms with Crippen molar-refractivity contribution >= 4 is 17.5 Å². The van der Waals surface area contributed by atoms with Crippen molar-refractivity contribution in [3.8, 4) is 0 Å². The van der Waals surface area contributed by atoms with Gasteiger partial charge in [-0.2, -0.15) is 0 Å². The topological polar surface area (TPSA) is 40.2 Å². The molecule has 0 radical (unpaired) electrons. The SMILES string of the molecule is CCCCCN1c2nccc[n+]2C[C@@]1(O)c1ccc(Cl)cc1.[Br-]. The maximum absolute atomic E-state index is 11.4. The van der Waals surface area contributed by atoms with Crippen molar-refractivity contribution in [3.63, 3.8) is 0 Å². The summed E-state index contributed by atoms with van der Waals surface area (Å²) in [5, 5.41) is 12.0. The number of aromatic nitrogens is 2. The Hall–Kier alpha value is -1.17. The zero-order valence-electron chi connectivity index (χ0n) is 13.1. The van der Waals surface area contributed by atoms with Crippen LogP contribution in [0.4, 0.5) is 5.95 Å². The fraction of sp³-hybridized carbons (Fsp3) is 0.412. The molecule has 0 unspecified atom stereocenters. The standard InChI is InChI=1S/C17H21ClN3O.BrH/c1-2-3-4-12-21-16-19-10-5-11-20(16)13-17(21,22)14-6-8-15(18)9-7-14;/h5-11,22H,2-4,12-13H2,1H3;1H/q+1;/p-1/t17-;/m1./s1. The molecule has 2 heterocycles. The van der Waals surface area contributed by atoms with Gasteiger partial charge in [-0.1, -0.05) is 48.5 Å². The second-order valence-corrected chi connectivity index (χ2v) is 6.17. The maximum atomic E-state index is 11.4. The van der Waals surface area contributed by atoms with Gasteiger partial charge in [0.1, 0.15) is 12.7 Å². The molecule has 0 amide bonds. The molecule has 1 aromatic carbocycles. The monoisotopic (exact) mass is 397 g/mol. The Bertz CT molecular complexity index is 653. The van der Waals surface area contributed by atoms with E-state index < -0.39 is 5.72 Å².